The second kappa shape index (κ2) is 5.07. The Bertz CT molecular complexity index is 308. The van der Waals surface area contributed by atoms with Crippen LogP contribution in [0.15, 0.2) is 0 Å². The van der Waals surface area contributed by atoms with E-state index < -0.39 is 5.97 Å². The van der Waals surface area contributed by atoms with Crippen LogP contribution in [0.4, 0.5) is 0 Å². The number of carbonyl (C=O) groups excluding carboxylic acids is 1. The lowest BCUT2D eigenvalue weighted by atomic mass is 9.78. The maximum absolute atomic E-state index is 11.8. The largest absolute Gasteiger partial charge is 0.481 e. The Morgan fingerprint density at radius 3 is 2.59 bits per heavy atom. The van der Waals surface area contributed by atoms with Crippen molar-refractivity contribution in [3.63, 3.8) is 0 Å². The first-order chi connectivity index (χ1) is 8.09. The molecule has 0 spiro atoms. The number of hydrogen-bond donors (Lipinski definition) is 1. The Balaban J connectivity index is 2.08. The summed E-state index contributed by atoms with van der Waals surface area (Å²) in [7, 11) is 1.84. The summed E-state index contributed by atoms with van der Waals surface area (Å²) in [5, 5.41) is 8.93. The van der Waals surface area contributed by atoms with E-state index in [0.29, 0.717) is 12.3 Å². The summed E-state index contributed by atoms with van der Waals surface area (Å²) < 4.78 is 0. The summed E-state index contributed by atoms with van der Waals surface area (Å²) in [6.07, 6.45) is 6.59. The Morgan fingerprint density at radius 1 is 1.35 bits per heavy atom. The summed E-state index contributed by atoms with van der Waals surface area (Å²) in [6.45, 7) is 0. The molecule has 2 rings (SSSR count). The Hall–Kier alpha value is -1.06. The van der Waals surface area contributed by atoms with Crippen LogP contribution in [0, 0.1) is 11.8 Å². The fourth-order valence-corrected chi connectivity index (χ4v) is 3.57. The minimum Gasteiger partial charge on any atom is -0.481 e. The second-order valence-corrected chi connectivity index (χ2v) is 5.46. The maximum Gasteiger partial charge on any atom is 0.303 e. The van der Waals surface area contributed by atoms with Crippen molar-refractivity contribution < 1.29 is 14.7 Å². The molecule has 0 radical (unpaired) electrons. The van der Waals surface area contributed by atoms with Crippen molar-refractivity contribution in [2.24, 2.45) is 11.8 Å². The van der Waals surface area contributed by atoms with Gasteiger partial charge in [-0.25, -0.2) is 0 Å². The fraction of sp³-hybridized carbons (Fsp3) is 0.846. The van der Waals surface area contributed by atoms with E-state index >= 15 is 0 Å². The van der Waals surface area contributed by atoms with Crippen LogP contribution < -0.4 is 0 Å². The van der Waals surface area contributed by atoms with Crippen molar-refractivity contribution >= 4 is 11.9 Å². The molecule has 1 amide bonds. The monoisotopic (exact) mass is 239 g/mol. The smallest absolute Gasteiger partial charge is 0.303 e. The van der Waals surface area contributed by atoms with Gasteiger partial charge in [-0.1, -0.05) is 19.3 Å². The fourth-order valence-electron chi connectivity index (χ4n) is 3.57. The number of carboxylic acid groups (broad SMARTS) is 1. The summed E-state index contributed by atoms with van der Waals surface area (Å²) >= 11 is 0. The van der Waals surface area contributed by atoms with Gasteiger partial charge in [0.25, 0.3) is 0 Å². The van der Waals surface area contributed by atoms with Gasteiger partial charge >= 0.3 is 5.97 Å². The molecule has 1 aliphatic heterocycles. The lowest BCUT2D eigenvalue weighted by Crippen LogP contribution is -2.39. The van der Waals surface area contributed by atoms with Gasteiger partial charge in [0.05, 0.1) is 6.42 Å². The SMILES string of the molecule is CN1C(=O)C[C@H](CC(=O)O)[C@H]1C1CCCCC1. The van der Waals surface area contributed by atoms with Gasteiger partial charge in [0.1, 0.15) is 0 Å². The van der Waals surface area contributed by atoms with E-state index in [1.165, 1.54) is 19.3 Å². The molecule has 1 saturated carbocycles. The van der Waals surface area contributed by atoms with Gasteiger partial charge in [0.15, 0.2) is 0 Å². The predicted molar refractivity (Wildman–Crippen MR) is 63.5 cm³/mol. The van der Waals surface area contributed by atoms with Crippen LogP contribution >= 0.6 is 0 Å². The third kappa shape index (κ3) is 2.61. The van der Waals surface area contributed by atoms with E-state index in [9.17, 15) is 9.59 Å². The highest BCUT2D eigenvalue weighted by atomic mass is 16.4. The van der Waals surface area contributed by atoms with Crippen LogP contribution in [0.3, 0.4) is 0 Å². The first-order valence-corrected chi connectivity index (χ1v) is 6.57. The molecule has 0 unspecified atom stereocenters. The molecule has 0 bridgehead atoms. The van der Waals surface area contributed by atoms with Crippen LogP contribution in [-0.4, -0.2) is 35.0 Å². The highest BCUT2D eigenvalue weighted by molar-refractivity contribution is 5.80. The molecule has 0 aromatic carbocycles. The molecule has 1 N–H and O–H groups in total. The number of carboxylic acids is 1. The van der Waals surface area contributed by atoms with Gasteiger partial charge in [0, 0.05) is 19.5 Å². The summed E-state index contributed by atoms with van der Waals surface area (Å²) in [4.78, 5) is 24.4. The van der Waals surface area contributed by atoms with Gasteiger partial charge in [0.2, 0.25) is 5.91 Å². The Labute approximate surface area is 102 Å². The Kier molecular flexibility index (Phi) is 3.69. The van der Waals surface area contributed by atoms with E-state index in [2.05, 4.69) is 0 Å². The quantitative estimate of drug-likeness (QED) is 0.818. The van der Waals surface area contributed by atoms with Crippen molar-refractivity contribution in [2.75, 3.05) is 7.05 Å². The number of amides is 1. The molecule has 2 fully saturated rings. The molecule has 2 aliphatic rings. The van der Waals surface area contributed by atoms with Crippen LogP contribution in [0.5, 0.6) is 0 Å². The highest BCUT2D eigenvalue weighted by Crippen LogP contribution is 2.38. The van der Waals surface area contributed by atoms with E-state index in [0.717, 1.165) is 12.8 Å². The third-order valence-corrected chi connectivity index (χ3v) is 4.33. The number of aliphatic carboxylic acids is 1. The molecular weight excluding hydrogens is 218 g/mol. The zero-order valence-electron chi connectivity index (χ0n) is 10.4. The van der Waals surface area contributed by atoms with E-state index in [4.69, 9.17) is 5.11 Å². The van der Waals surface area contributed by atoms with Gasteiger partial charge in [-0.05, 0) is 24.7 Å². The molecule has 2 atom stereocenters. The van der Waals surface area contributed by atoms with Gasteiger partial charge in [-0.2, -0.15) is 0 Å². The predicted octanol–water partition coefficient (Wildman–Crippen LogP) is 1.89. The van der Waals surface area contributed by atoms with Crippen LogP contribution in [0.1, 0.15) is 44.9 Å². The third-order valence-electron chi connectivity index (χ3n) is 4.33. The van der Waals surface area contributed by atoms with Crippen molar-refractivity contribution in [1.82, 2.24) is 4.90 Å². The molecule has 96 valence electrons. The first kappa shape index (κ1) is 12.4. The standard InChI is InChI=1S/C13H21NO3/c1-14-11(15)7-10(8-12(16)17)13(14)9-5-3-2-4-6-9/h9-10,13H,2-8H2,1H3,(H,16,17)/t10-,13-/m1/s1. The summed E-state index contributed by atoms with van der Waals surface area (Å²) in [6, 6.07) is 0.166. The van der Waals surface area contributed by atoms with Crippen LogP contribution in [0.2, 0.25) is 0 Å². The summed E-state index contributed by atoms with van der Waals surface area (Å²) in [5.74, 6) is -0.122. The van der Waals surface area contributed by atoms with Crippen LogP contribution in [0.25, 0.3) is 0 Å². The molecule has 1 heterocycles. The number of nitrogens with zero attached hydrogens (tertiary/aromatic N) is 1. The molecule has 1 saturated heterocycles. The van der Waals surface area contributed by atoms with Crippen molar-refractivity contribution in [3.05, 3.63) is 0 Å². The van der Waals surface area contributed by atoms with Gasteiger partial charge < -0.3 is 10.0 Å². The normalized spacial score (nSPS) is 30.9. The molecule has 0 aromatic heterocycles. The molecule has 4 heteroatoms. The van der Waals surface area contributed by atoms with E-state index in [1.54, 1.807) is 0 Å². The first-order valence-electron chi connectivity index (χ1n) is 6.57. The number of likely N-dealkylation sites (tertiary alicyclic amines) is 1. The topological polar surface area (TPSA) is 57.6 Å². The van der Waals surface area contributed by atoms with Gasteiger partial charge in [-0.15, -0.1) is 0 Å². The zero-order chi connectivity index (χ0) is 12.4. The molecular formula is C13H21NO3. The van der Waals surface area contributed by atoms with E-state index in [1.807, 2.05) is 11.9 Å². The summed E-state index contributed by atoms with van der Waals surface area (Å²) in [5.41, 5.74) is 0. The molecule has 4 nitrogen and oxygen atoms in total. The van der Waals surface area contributed by atoms with Crippen molar-refractivity contribution in [1.29, 1.82) is 0 Å². The lowest BCUT2D eigenvalue weighted by molar-refractivity contribution is -0.138. The second-order valence-electron chi connectivity index (χ2n) is 5.46. The number of hydrogen-bond acceptors (Lipinski definition) is 2. The molecule has 1 aliphatic carbocycles. The lowest BCUT2D eigenvalue weighted by Gasteiger charge is -2.34. The minimum atomic E-state index is -0.779. The van der Waals surface area contributed by atoms with Crippen molar-refractivity contribution in [3.8, 4) is 0 Å². The van der Waals surface area contributed by atoms with Crippen LogP contribution in [-0.2, 0) is 9.59 Å². The van der Waals surface area contributed by atoms with E-state index in [-0.39, 0.29) is 24.3 Å². The molecule has 0 aromatic rings. The highest BCUT2D eigenvalue weighted by Gasteiger charge is 2.42. The Morgan fingerprint density at radius 2 is 2.00 bits per heavy atom. The average molecular weight is 239 g/mol. The number of rotatable bonds is 3. The average Bonchev–Trinajstić information content (AvgIpc) is 2.55. The maximum atomic E-state index is 11.8. The zero-order valence-corrected chi connectivity index (χ0v) is 10.4. The molecule has 17 heavy (non-hydrogen) atoms. The number of carbonyl (C=O) groups is 2. The van der Waals surface area contributed by atoms with Gasteiger partial charge in [-0.3, -0.25) is 9.59 Å². The van der Waals surface area contributed by atoms with Crippen molar-refractivity contribution in [2.45, 2.75) is 51.0 Å². The minimum absolute atomic E-state index is 0.0214.